The van der Waals surface area contributed by atoms with Gasteiger partial charge in [0.05, 0.1) is 13.2 Å². The number of aromatic nitrogens is 1. The van der Waals surface area contributed by atoms with E-state index in [1.165, 1.54) is 7.11 Å². The standard InChI is InChI=1S/C32H30N2O2/c1-23-19-20-29-27(21-23)28(22-34(29)2)32(31(35)36-3,25-15-9-5-10-16-25)30(24-13-7-4-8-14-24)33-26-17-11-6-12-18-26/h4-22,30,33H,1-3H3/t30?,32-/m1/s1. The lowest BCUT2D eigenvalue weighted by molar-refractivity contribution is -0.146. The maximum atomic E-state index is 14.3. The molecule has 5 aromatic rings. The van der Waals surface area contributed by atoms with Crippen molar-refractivity contribution in [3.63, 3.8) is 0 Å². The maximum absolute atomic E-state index is 14.3. The molecule has 0 saturated heterocycles. The molecule has 1 aromatic heterocycles. The minimum atomic E-state index is -1.18. The van der Waals surface area contributed by atoms with E-state index in [0.29, 0.717) is 0 Å². The van der Waals surface area contributed by atoms with Gasteiger partial charge in [-0.3, -0.25) is 4.79 Å². The highest BCUT2D eigenvalue weighted by molar-refractivity contribution is 5.97. The zero-order valence-corrected chi connectivity index (χ0v) is 20.8. The normalized spacial score (nSPS) is 13.6. The Morgan fingerprint density at radius 3 is 2.11 bits per heavy atom. The van der Waals surface area contributed by atoms with Crippen LogP contribution in [-0.2, 0) is 22.0 Å². The molecule has 4 heteroatoms. The van der Waals surface area contributed by atoms with Gasteiger partial charge in [0, 0.05) is 35.4 Å². The van der Waals surface area contributed by atoms with Gasteiger partial charge in [-0.1, -0.05) is 90.5 Å². The van der Waals surface area contributed by atoms with Crippen molar-refractivity contribution in [1.29, 1.82) is 0 Å². The van der Waals surface area contributed by atoms with E-state index >= 15 is 0 Å². The molecule has 4 nitrogen and oxygen atoms in total. The lowest BCUT2D eigenvalue weighted by atomic mass is 9.66. The topological polar surface area (TPSA) is 43.3 Å². The highest BCUT2D eigenvalue weighted by atomic mass is 16.5. The number of nitrogens with zero attached hydrogens (tertiary/aromatic N) is 1. The number of benzene rings is 4. The fraction of sp³-hybridized carbons (Fsp3) is 0.156. The quantitative estimate of drug-likeness (QED) is 0.264. The van der Waals surface area contributed by atoms with Crippen molar-refractivity contribution in [2.45, 2.75) is 18.4 Å². The van der Waals surface area contributed by atoms with E-state index in [9.17, 15) is 4.79 Å². The Kier molecular flexibility index (Phi) is 6.34. The summed E-state index contributed by atoms with van der Waals surface area (Å²) in [5.74, 6) is -0.319. The number of carbonyl (C=O) groups excluding carboxylic acids is 1. The molecule has 0 aliphatic heterocycles. The van der Waals surface area contributed by atoms with Crippen molar-refractivity contribution in [3.8, 4) is 0 Å². The van der Waals surface area contributed by atoms with Gasteiger partial charge >= 0.3 is 5.97 Å². The number of hydrogen-bond donors (Lipinski definition) is 1. The van der Waals surface area contributed by atoms with Gasteiger partial charge < -0.3 is 14.6 Å². The van der Waals surface area contributed by atoms with Crippen LogP contribution >= 0.6 is 0 Å². The van der Waals surface area contributed by atoms with Gasteiger partial charge in [-0.25, -0.2) is 0 Å². The van der Waals surface area contributed by atoms with Crippen LogP contribution in [0.1, 0.15) is 28.3 Å². The molecule has 0 aliphatic carbocycles. The monoisotopic (exact) mass is 474 g/mol. The SMILES string of the molecule is COC(=O)[C@](c1ccccc1)(c1cn(C)c2ccc(C)cc12)C(Nc1ccccc1)c1ccccc1. The zero-order chi connectivity index (χ0) is 25.1. The fourth-order valence-electron chi connectivity index (χ4n) is 5.29. The van der Waals surface area contributed by atoms with Crippen LogP contribution in [0, 0.1) is 6.92 Å². The molecule has 0 aliphatic rings. The molecule has 0 fully saturated rings. The maximum Gasteiger partial charge on any atom is 0.323 e. The van der Waals surface area contributed by atoms with Gasteiger partial charge in [-0.15, -0.1) is 0 Å². The van der Waals surface area contributed by atoms with Crippen molar-refractivity contribution in [1.82, 2.24) is 4.57 Å². The summed E-state index contributed by atoms with van der Waals surface area (Å²) >= 11 is 0. The van der Waals surface area contributed by atoms with E-state index in [1.54, 1.807) is 0 Å². The van der Waals surface area contributed by atoms with Gasteiger partial charge in [0.25, 0.3) is 0 Å². The predicted octanol–water partition coefficient (Wildman–Crippen LogP) is 6.80. The Bertz CT molecular complexity index is 1480. The second-order valence-electron chi connectivity index (χ2n) is 9.19. The number of methoxy groups -OCH3 is 1. The summed E-state index contributed by atoms with van der Waals surface area (Å²) < 4.78 is 7.76. The first-order valence-electron chi connectivity index (χ1n) is 12.1. The lowest BCUT2D eigenvalue weighted by Gasteiger charge is -2.40. The van der Waals surface area contributed by atoms with Crippen molar-refractivity contribution in [2.24, 2.45) is 7.05 Å². The van der Waals surface area contributed by atoms with E-state index in [0.717, 1.165) is 38.8 Å². The average molecular weight is 475 g/mol. The number of nitrogens with one attached hydrogen (secondary N) is 1. The molecule has 5 rings (SSSR count). The largest absolute Gasteiger partial charge is 0.468 e. The van der Waals surface area contributed by atoms with Crippen molar-refractivity contribution in [3.05, 3.63) is 138 Å². The molecule has 0 saturated carbocycles. The molecular weight excluding hydrogens is 444 g/mol. The molecule has 0 spiro atoms. The minimum absolute atomic E-state index is 0.319. The molecule has 4 aromatic carbocycles. The summed E-state index contributed by atoms with van der Waals surface area (Å²) in [5, 5.41) is 4.76. The molecule has 0 bridgehead atoms. The third-order valence-corrected chi connectivity index (χ3v) is 6.96. The zero-order valence-electron chi connectivity index (χ0n) is 20.8. The number of carbonyl (C=O) groups is 1. The molecule has 1 N–H and O–H groups in total. The van der Waals surface area contributed by atoms with Crippen molar-refractivity contribution >= 4 is 22.6 Å². The van der Waals surface area contributed by atoms with Crippen LogP contribution in [0.15, 0.2) is 115 Å². The summed E-state index contributed by atoms with van der Waals surface area (Å²) in [5.41, 5.74) is 4.69. The summed E-state index contributed by atoms with van der Waals surface area (Å²) in [4.78, 5) is 14.3. The summed E-state index contributed by atoms with van der Waals surface area (Å²) in [6.45, 7) is 2.08. The Morgan fingerprint density at radius 2 is 1.47 bits per heavy atom. The fourth-order valence-corrected chi connectivity index (χ4v) is 5.29. The van der Waals surface area contributed by atoms with Gasteiger partial charge in [-0.05, 0) is 42.3 Å². The molecule has 1 unspecified atom stereocenters. The molecular formula is C32H30N2O2. The highest BCUT2D eigenvalue weighted by Gasteiger charge is 2.52. The minimum Gasteiger partial charge on any atom is -0.468 e. The van der Waals surface area contributed by atoms with Gasteiger partial charge in [0.1, 0.15) is 5.41 Å². The smallest absolute Gasteiger partial charge is 0.323 e. The first kappa shape index (κ1) is 23.4. The van der Waals surface area contributed by atoms with E-state index in [-0.39, 0.29) is 5.97 Å². The molecule has 1 heterocycles. The summed E-state index contributed by atoms with van der Waals surface area (Å²) in [7, 11) is 3.50. The number of aryl methyl sites for hydroxylation is 2. The number of rotatable bonds is 7. The van der Waals surface area contributed by atoms with E-state index in [4.69, 9.17) is 4.74 Å². The Hall–Kier alpha value is -4.31. The van der Waals surface area contributed by atoms with Crippen LogP contribution in [0.25, 0.3) is 10.9 Å². The summed E-state index contributed by atoms with van der Waals surface area (Å²) in [6.07, 6.45) is 2.08. The first-order valence-corrected chi connectivity index (χ1v) is 12.1. The number of esters is 1. The van der Waals surface area contributed by atoms with Crippen LogP contribution in [0.5, 0.6) is 0 Å². The average Bonchev–Trinajstić information content (AvgIpc) is 3.25. The number of hydrogen-bond acceptors (Lipinski definition) is 3. The Morgan fingerprint density at radius 1 is 0.861 bits per heavy atom. The third kappa shape index (κ3) is 3.95. The van der Waals surface area contributed by atoms with Crippen LogP contribution in [0.4, 0.5) is 5.69 Å². The predicted molar refractivity (Wildman–Crippen MR) is 146 cm³/mol. The molecule has 180 valence electrons. The Balaban J connectivity index is 1.91. The first-order chi connectivity index (χ1) is 17.6. The number of ether oxygens (including phenoxy) is 1. The van der Waals surface area contributed by atoms with Crippen molar-refractivity contribution in [2.75, 3.05) is 12.4 Å². The number of para-hydroxylation sites is 1. The number of anilines is 1. The van der Waals surface area contributed by atoms with E-state index < -0.39 is 11.5 Å². The van der Waals surface area contributed by atoms with Gasteiger partial charge in [0.2, 0.25) is 0 Å². The van der Waals surface area contributed by atoms with Crippen LogP contribution < -0.4 is 5.32 Å². The molecule has 2 atom stereocenters. The van der Waals surface area contributed by atoms with Crippen LogP contribution in [0.3, 0.4) is 0 Å². The second kappa shape index (κ2) is 9.74. The van der Waals surface area contributed by atoms with Crippen molar-refractivity contribution < 1.29 is 9.53 Å². The number of fused-ring (bicyclic) bond motifs is 1. The van der Waals surface area contributed by atoms with E-state index in [2.05, 4.69) is 53.3 Å². The Labute approximate surface area is 212 Å². The molecule has 0 amide bonds. The molecule has 0 radical (unpaired) electrons. The van der Waals surface area contributed by atoms with Crippen LogP contribution in [0.2, 0.25) is 0 Å². The second-order valence-corrected chi connectivity index (χ2v) is 9.19. The van der Waals surface area contributed by atoms with E-state index in [1.807, 2.05) is 85.9 Å². The van der Waals surface area contributed by atoms with Crippen LogP contribution in [-0.4, -0.2) is 17.6 Å². The van der Waals surface area contributed by atoms with Gasteiger partial charge in [0.15, 0.2) is 0 Å². The molecule has 36 heavy (non-hydrogen) atoms. The highest BCUT2D eigenvalue weighted by Crippen LogP contribution is 2.48. The summed E-state index contributed by atoms with van der Waals surface area (Å²) in [6, 6.07) is 36.1. The lowest BCUT2D eigenvalue weighted by Crippen LogP contribution is -2.46. The third-order valence-electron chi connectivity index (χ3n) is 6.96. The van der Waals surface area contributed by atoms with Gasteiger partial charge in [-0.2, -0.15) is 0 Å².